The number of halogens is 1. The monoisotopic (exact) mass is 274 g/mol. The number of nitrogens with zero attached hydrogens (tertiary/aromatic N) is 1. The fraction of sp³-hybridized carbons (Fsp3) is 0.750. The van der Waals surface area contributed by atoms with Crippen molar-refractivity contribution in [2.24, 2.45) is 13.0 Å². The predicted molar refractivity (Wildman–Crippen MR) is 59.0 cm³/mol. The Kier molecular flexibility index (Phi) is 7.75. The topological polar surface area (TPSA) is 19.7 Å². The van der Waals surface area contributed by atoms with Gasteiger partial charge in [-0.1, -0.05) is 33.1 Å². The normalized spacial score (nSPS) is 10.4. The van der Waals surface area contributed by atoms with Gasteiger partial charge in [-0.3, -0.25) is 0 Å². The van der Waals surface area contributed by atoms with E-state index >= 15 is 0 Å². The fourth-order valence-corrected chi connectivity index (χ4v) is 1.71. The lowest BCUT2D eigenvalue weighted by Gasteiger charge is -2.02. The van der Waals surface area contributed by atoms with Crippen LogP contribution in [0.2, 0.25) is 0 Å². The van der Waals surface area contributed by atoms with Gasteiger partial charge >= 0.3 is 0 Å². The second kappa shape index (κ2) is 7.91. The summed E-state index contributed by atoms with van der Waals surface area (Å²) in [6, 6.07) is 0. The molecule has 0 unspecified atom stereocenters. The zero-order chi connectivity index (χ0) is 10.4. The van der Waals surface area contributed by atoms with E-state index < -0.39 is 0 Å². The molecule has 0 bridgehead atoms. The van der Waals surface area contributed by atoms with Crippen LogP contribution >= 0.6 is 0 Å². The molecule has 0 spiro atoms. The van der Waals surface area contributed by atoms with E-state index in [1.807, 2.05) is 6.20 Å². The Morgan fingerprint density at radius 3 is 2.53 bits per heavy atom. The first-order chi connectivity index (χ1) is 6.70. The second-order valence-corrected chi connectivity index (χ2v) is 4.51. The molecule has 0 radical (unpaired) electrons. The molecule has 15 heavy (non-hydrogen) atoms. The predicted octanol–water partition coefficient (Wildman–Crippen LogP) is -0.398. The Morgan fingerprint density at radius 2 is 2.00 bits per heavy atom. The van der Waals surface area contributed by atoms with E-state index in [0.29, 0.717) is 0 Å². The molecule has 0 aliphatic heterocycles. The van der Waals surface area contributed by atoms with Crippen LogP contribution in [0, 0.1) is 5.92 Å². The minimum absolute atomic E-state index is 0. The lowest BCUT2D eigenvalue weighted by Crippen LogP contribution is -3.00. The first-order valence-electron chi connectivity index (χ1n) is 5.72. The van der Waals surface area contributed by atoms with Crippen LogP contribution in [0.4, 0.5) is 0 Å². The molecule has 0 fully saturated rings. The highest BCUT2D eigenvalue weighted by Gasteiger charge is 2.05. The van der Waals surface area contributed by atoms with Crippen molar-refractivity contribution in [2.45, 2.75) is 46.0 Å². The van der Waals surface area contributed by atoms with Crippen molar-refractivity contribution in [1.29, 1.82) is 0 Å². The van der Waals surface area contributed by atoms with Crippen molar-refractivity contribution in [1.82, 2.24) is 4.98 Å². The molecular weight excluding hydrogens is 252 g/mol. The molecule has 0 saturated carbocycles. The van der Waals surface area contributed by atoms with Gasteiger partial charge in [0, 0.05) is 6.42 Å². The fourth-order valence-electron chi connectivity index (χ4n) is 1.71. The van der Waals surface area contributed by atoms with E-state index in [1.165, 1.54) is 37.9 Å². The second-order valence-electron chi connectivity index (χ2n) is 4.51. The van der Waals surface area contributed by atoms with Crippen LogP contribution in [-0.2, 0) is 13.5 Å². The summed E-state index contributed by atoms with van der Waals surface area (Å²) in [7, 11) is 2.10. The van der Waals surface area contributed by atoms with Crippen molar-refractivity contribution in [3.63, 3.8) is 0 Å². The van der Waals surface area contributed by atoms with Crippen LogP contribution in [0.3, 0.4) is 0 Å². The summed E-state index contributed by atoms with van der Waals surface area (Å²) < 4.78 is 2.17. The van der Waals surface area contributed by atoms with E-state index in [0.717, 1.165) is 5.92 Å². The van der Waals surface area contributed by atoms with Gasteiger partial charge in [0.25, 0.3) is 5.82 Å². The van der Waals surface area contributed by atoms with Gasteiger partial charge in [-0.2, -0.15) is 0 Å². The quantitative estimate of drug-likeness (QED) is 0.538. The van der Waals surface area contributed by atoms with Gasteiger partial charge in [-0.05, 0) is 12.3 Å². The average Bonchev–Trinajstić information content (AvgIpc) is 2.51. The smallest absolute Gasteiger partial charge is 0.253 e. The molecule has 3 heteroatoms. The van der Waals surface area contributed by atoms with E-state index in [-0.39, 0.29) is 17.0 Å². The molecule has 1 aromatic rings. The van der Waals surface area contributed by atoms with Gasteiger partial charge in [-0.15, -0.1) is 0 Å². The number of aryl methyl sites for hydroxylation is 2. The third-order valence-corrected chi connectivity index (χ3v) is 2.67. The molecule has 0 atom stereocenters. The summed E-state index contributed by atoms with van der Waals surface area (Å²) in [6.07, 6.45) is 10.7. The lowest BCUT2D eigenvalue weighted by molar-refractivity contribution is -0.677. The van der Waals surface area contributed by atoms with Crippen molar-refractivity contribution in [3.8, 4) is 0 Å². The molecule has 1 N–H and O–H groups in total. The molecule has 88 valence electrons. The first kappa shape index (κ1) is 14.7. The number of unbranched alkanes of at least 4 members (excludes halogenated alkanes) is 2. The van der Waals surface area contributed by atoms with Gasteiger partial charge in [0.1, 0.15) is 12.4 Å². The minimum atomic E-state index is 0. The molecule has 1 heterocycles. The van der Waals surface area contributed by atoms with E-state index in [9.17, 15) is 0 Å². The van der Waals surface area contributed by atoms with Crippen molar-refractivity contribution in [2.75, 3.05) is 0 Å². The maximum atomic E-state index is 3.27. The summed E-state index contributed by atoms with van der Waals surface area (Å²) in [4.78, 5) is 3.27. The maximum Gasteiger partial charge on any atom is 0.253 e. The van der Waals surface area contributed by atoms with Gasteiger partial charge in [-0.25, -0.2) is 9.55 Å². The van der Waals surface area contributed by atoms with Crippen molar-refractivity contribution < 1.29 is 21.5 Å². The van der Waals surface area contributed by atoms with Crippen LogP contribution in [0.15, 0.2) is 12.4 Å². The van der Waals surface area contributed by atoms with E-state index in [2.05, 4.69) is 36.6 Å². The SMILES string of the molecule is CC(C)CCCCCc1[nH]cc[n+]1C.[Br-]. The van der Waals surface area contributed by atoms with Crippen LogP contribution < -0.4 is 21.5 Å². The Labute approximate surface area is 104 Å². The van der Waals surface area contributed by atoms with Crippen LogP contribution in [0.1, 0.15) is 45.4 Å². The highest BCUT2D eigenvalue weighted by molar-refractivity contribution is 4.76. The molecule has 0 aromatic carbocycles. The Hall–Kier alpha value is -0.310. The van der Waals surface area contributed by atoms with E-state index in [1.54, 1.807) is 0 Å². The van der Waals surface area contributed by atoms with Crippen molar-refractivity contribution >= 4 is 0 Å². The number of rotatable bonds is 6. The van der Waals surface area contributed by atoms with Crippen molar-refractivity contribution in [3.05, 3.63) is 18.2 Å². The third kappa shape index (κ3) is 5.98. The highest BCUT2D eigenvalue weighted by Crippen LogP contribution is 2.09. The molecule has 1 aromatic heterocycles. The number of hydrogen-bond donors (Lipinski definition) is 1. The van der Waals surface area contributed by atoms with Gasteiger partial charge < -0.3 is 17.0 Å². The number of nitrogens with one attached hydrogen (secondary N) is 1. The molecular formula is C12H23BrN2. The molecule has 0 aliphatic rings. The van der Waals surface area contributed by atoms with Crippen LogP contribution in [0.25, 0.3) is 0 Å². The van der Waals surface area contributed by atoms with Crippen LogP contribution in [-0.4, -0.2) is 4.98 Å². The van der Waals surface area contributed by atoms with Gasteiger partial charge in [0.05, 0.1) is 7.05 Å². The first-order valence-corrected chi connectivity index (χ1v) is 5.72. The minimum Gasteiger partial charge on any atom is -1.00 e. The molecule has 0 saturated heterocycles. The lowest BCUT2D eigenvalue weighted by atomic mass is 10.0. The zero-order valence-electron chi connectivity index (χ0n) is 10.1. The number of imidazole rings is 1. The van der Waals surface area contributed by atoms with Gasteiger partial charge in [0.15, 0.2) is 0 Å². The van der Waals surface area contributed by atoms with E-state index in [4.69, 9.17) is 0 Å². The number of aromatic amines is 1. The molecule has 2 nitrogen and oxygen atoms in total. The summed E-state index contributed by atoms with van der Waals surface area (Å²) in [6.45, 7) is 4.59. The molecule has 0 aliphatic carbocycles. The van der Waals surface area contributed by atoms with Gasteiger partial charge in [0.2, 0.25) is 0 Å². The Balaban J connectivity index is 0.00000196. The molecule has 0 amide bonds. The molecule has 1 rings (SSSR count). The van der Waals surface area contributed by atoms with Crippen LogP contribution in [0.5, 0.6) is 0 Å². The Bertz CT molecular complexity index is 256. The largest absolute Gasteiger partial charge is 1.00 e. The average molecular weight is 275 g/mol. The third-order valence-electron chi connectivity index (χ3n) is 2.67. The zero-order valence-corrected chi connectivity index (χ0v) is 11.7. The highest BCUT2D eigenvalue weighted by atomic mass is 79.9. The Morgan fingerprint density at radius 1 is 1.27 bits per heavy atom. The summed E-state index contributed by atoms with van der Waals surface area (Å²) >= 11 is 0. The number of H-pyrrole nitrogens is 1. The number of hydrogen-bond acceptors (Lipinski definition) is 0. The maximum absolute atomic E-state index is 3.27. The number of aromatic nitrogens is 2. The summed E-state index contributed by atoms with van der Waals surface area (Å²) in [5, 5.41) is 0. The standard InChI is InChI=1S/C12H22N2.BrH/c1-11(2)7-5-4-6-8-12-13-9-10-14(12)3;/h9-11H,4-8H2,1-3H3;1H. The summed E-state index contributed by atoms with van der Waals surface area (Å²) in [5.74, 6) is 2.20. The summed E-state index contributed by atoms with van der Waals surface area (Å²) in [5.41, 5.74) is 0.